The maximum Gasteiger partial charge on any atom is 0.213 e. The van der Waals surface area contributed by atoms with Crippen LogP contribution in [0.4, 0.5) is 0 Å². The van der Waals surface area contributed by atoms with E-state index in [0.717, 1.165) is 32.4 Å². The van der Waals surface area contributed by atoms with E-state index in [1.165, 1.54) is 6.42 Å². The molecule has 0 aliphatic heterocycles. The molecule has 1 aliphatic rings. The lowest BCUT2D eigenvalue weighted by Crippen LogP contribution is -2.43. The third-order valence-corrected chi connectivity index (χ3v) is 6.26. The van der Waals surface area contributed by atoms with Crippen molar-refractivity contribution >= 4 is 40.0 Å². The molecule has 0 aromatic carbocycles. The minimum atomic E-state index is -3.21. The van der Waals surface area contributed by atoms with Crippen LogP contribution in [-0.4, -0.2) is 70.3 Å². The zero-order valence-corrected chi connectivity index (χ0v) is 20.8. The molecule has 0 aromatic heterocycles. The maximum absolute atomic E-state index is 12.0. The summed E-state index contributed by atoms with van der Waals surface area (Å²) in [6, 6.07) is 1.06. The van der Waals surface area contributed by atoms with Crippen LogP contribution in [0.5, 0.6) is 0 Å². The fourth-order valence-electron chi connectivity index (χ4n) is 3.12. The SMILES string of the molecule is CN=C(NCCCN(C(C)C)C(C)C)NCCS(=O)(=O)NCC1CCC1.I. The van der Waals surface area contributed by atoms with Gasteiger partial charge in [0.05, 0.1) is 5.75 Å². The van der Waals surface area contributed by atoms with Gasteiger partial charge in [0.15, 0.2) is 5.96 Å². The number of aliphatic imine (C=N–C) groups is 1. The molecule has 1 fully saturated rings. The first-order valence-corrected chi connectivity index (χ1v) is 11.6. The summed E-state index contributed by atoms with van der Waals surface area (Å²) in [5.41, 5.74) is 0. The fourth-order valence-corrected chi connectivity index (χ4v) is 4.12. The highest BCUT2D eigenvalue weighted by atomic mass is 127. The molecule has 0 amide bonds. The van der Waals surface area contributed by atoms with E-state index >= 15 is 0 Å². The van der Waals surface area contributed by atoms with Crippen LogP contribution in [-0.2, 0) is 10.0 Å². The monoisotopic (exact) mass is 517 g/mol. The largest absolute Gasteiger partial charge is 0.356 e. The minimum Gasteiger partial charge on any atom is -0.356 e. The number of nitrogens with one attached hydrogen (secondary N) is 3. The van der Waals surface area contributed by atoms with E-state index in [0.29, 0.717) is 37.1 Å². The van der Waals surface area contributed by atoms with Gasteiger partial charge in [-0.1, -0.05) is 6.42 Å². The van der Waals surface area contributed by atoms with Crippen molar-refractivity contribution in [3.05, 3.63) is 0 Å². The Bertz CT molecular complexity index is 514. The first kappa shape index (κ1) is 26.9. The molecular formula is C18H40IN5O2S. The number of halogens is 1. The quantitative estimate of drug-likeness (QED) is 0.160. The molecule has 0 bridgehead atoms. The molecule has 0 radical (unpaired) electrons. The van der Waals surface area contributed by atoms with Crippen molar-refractivity contribution in [2.24, 2.45) is 10.9 Å². The van der Waals surface area contributed by atoms with Crippen molar-refractivity contribution < 1.29 is 8.42 Å². The van der Waals surface area contributed by atoms with Crippen LogP contribution in [0.25, 0.3) is 0 Å². The van der Waals surface area contributed by atoms with Gasteiger partial charge >= 0.3 is 0 Å². The van der Waals surface area contributed by atoms with Crippen molar-refractivity contribution in [1.82, 2.24) is 20.3 Å². The van der Waals surface area contributed by atoms with E-state index in [4.69, 9.17) is 0 Å². The topological polar surface area (TPSA) is 85.8 Å². The van der Waals surface area contributed by atoms with Crippen molar-refractivity contribution in [3.63, 3.8) is 0 Å². The molecule has 7 nitrogen and oxygen atoms in total. The van der Waals surface area contributed by atoms with E-state index in [9.17, 15) is 8.42 Å². The number of sulfonamides is 1. The van der Waals surface area contributed by atoms with E-state index in [1.807, 2.05) is 0 Å². The van der Waals surface area contributed by atoms with Gasteiger partial charge in [0.25, 0.3) is 0 Å². The predicted octanol–water partition coefficient (Wildman–Crippen LogP) is 2.00. The summed E-state index contributed by atoms with van der Waals surface area (Å²) in [6.07, 6.45) is 4.52. The van der Waals surface area contributed by atoms with Gasteiger partial charge in [0, 0.05) is 45.3 Å². The first-order chi connectivity index (χ1) is 12.2. The summed E-state index contributed by atoms with van der Waals surface area (Å²) in [4.78, 5) is 6.61. The van der Waals surface area contributed by atoms with Crippen LogP contribution >= 0.6 is 24.0 Å². The third-order valence-electron chi connectivity index (χ3n) is 4.92. The van der Waals surface area contributed by atoms with Gasteiger partial charge < -0.3 is 10.6 Å². The van der Waals surface area contributed by atoms with Gasteiger partial charge in [-0.25, -0.2) is 13.1 Å². The molecule has 27 heavy (non-hydrogen) atoms. The van der Waals surface area contributed by atoms with Gasteiger partial charge in [-0.2, -0.15) is 0 Å². The lowest BCUT2D eigenvalue weighted by molar-refractivity contribution is 0.173. The second-order valence-electron chi connectivity index (χ2n) is 7.67. The Morgan fingerprint density at radius 1 is 1.11 bits per heavy atom. The fraction of sp³-hybridized carbons (Fsp3) is 0.944. The van der Waals surface area contributed by atoms with Crippen LogP contribution < -0.4 is 15.4 Å². The number of nitrogens with zero attached hydrogens (tertiary/aromatic N) is 2. The Kier molecular flexibility index (Phi) is 13.9. The van der Waals surface area contributed by atoms with Crippen molar-refractivity contribution in [2.75, 3.05) is 39.0 Å². The first-order valence-electron chi connectivity index (χ1n) is 9.92. The summed E-state index contributed by atoms with van der Waals surface area (Å²) < 4.78 is 26.7. The Hall–Kier alpha value is -0.130. The van der Waals surface area contributed by atoms with Crippen LogP contribution in [0.2, 0.25) is 0 Å². The number of guanidine groups is 1. The van der Waals surface area contributed by atoms with Crippen LogP contribution in [0.3, 0.4) is 0 Å². The van der Waals surface area contributed by atoms with Gasteiger partial charge in [-0.3, -0.25) is 9.89 Å². The number of hydrogen-bond donors (Lipinski definition) is 3. The van der Waals surface area contributed by atoms with Gasteiger partial charge in [0.2, 0.25) is 10.0 Å². The highest BCUT2D eigenvalue weighted by Gasteiger charge is 2.20. The van der Waals surface area contributed by atoms with E-state index in [1.54, 1.807) is 7.05 Å². The van der Waals surface area contributed by atoms with E-state index < -0.39 is 10.0 Å². The zero-order valence-electron chi connectivity index (χ0n) is 17.6. The van der Waals surface area contributed by atoms with Crippen LogP contribution in [0, 0.1) is 5.92 Å². The lowest BCUT2D eigenvalue weighted by Gasteiger charge is -2.30. The molecule has 3 N–H and O–H groups in total. The van der Waals surface area contributed by atoms with E-state index in [-0.39, 0.29) is 29.7 Å². The Morgan fingerprint density at radius 2 is 1.70 bits per heavy atom. The van der Waals surface area contributed by atoms with E-state index in [2.05, 4.69) is 52.9 Å². The van der Waals surface area contributed by atoms with Crippen LogP contribution in [0.15, 0.2) is 4.99 Å². The molecule has 1 saturated carbocycles. The molecule has 0 atom stereocenters. The smallest absolute Gasteiger partial charge is 0.213 e. The Morgan fingerprint density at radius 3 is 2.19 bits per heavy atom. The highest BCUT2D eigenvalue weighted by Crippen LogP contribution is 2.25. The minimum absolute atomic E-state index is 0. The van der Waals surface area contributed by atoms with Crippen molar-refractivity contribution in [3.8, 4) is 0 Å². The highest BCUT2D eigenvalue weighted by molar-refractivity contribution is 14.0. The summed E-state index contributed by atoms with van der Waals surface area (Å²) in [7, 11) is -1.51. The second kappa shape index (κ2) is 13.9. The molecule has 0 unspecified atom stereocenters. The normalized spacial score (nSPS) is 15.8. The zero-order chi connectivity index (χ0) is 19.6. The summed E-state index contributed by atoms with van der Waals surface area (Å²) in [5, 5.41) is 6.34. The lowest BCUT2D eigenvalue weighted by atomic mass is 9.86. The Balaban J connectivity index is 0.00000676. The van der Waals surface area contributed by atoms with Crippen molar-refractivity contribution in [1.29, 1.82) is 0 Å². The molecule has 1 rings (SSSR count). The number of hydrogen-bond acceptors (Lipinski definition) is 4. The second-order valence-corrected chi connectivity index (χ2v) is 9.60. The third kappa shape index (κ3) is 11.5. The molecular weight excluding hydrogens is 477 g/mol. The van der Waals surface area contributed by atoms with Crippen LogP contribution in [0.1, 0.15) is 53.4 Å². The average Bonchev–Trinajstić information content (AvgIpc) is 2.50. The Labute approximate surface area is 183 Å². The van der Waals surface area contributed by atoms with Gasteiger partial charge in [-0.15, -0.1) is 24.0 Å². The molecule has 0 heterocycles. The molecule has 0 saturated heterocycles. The average molecular weight is 518 g/mol. The molecule has 9 heteroatoms. The maximum atomic E-state index is 12.0. The molecule has 0 aromatic rings. The summed E-state index contributed by atoms with van der Waals surface area (Å²) in [5.74, 6) is 1.25. The predicted molar refractivity (Wildman–Crippen MR) is 126 cm³/mol. The van der Waals surface area contributed by atoms with Gasteiger partial charge in [-0.05, 0) is 52.9 Å². The van der Waals surface area contributed by atoms with Gasteiger partial charge in [0.1, 0.15) is 0 Å². The van der Waals surface area contributed by atoms with Crippen molar-refractivity contribution in [2.45, 2.75) is 65.5 Å². The molecule has 1 aliphatic carbocycles. The summed E-state index contributed by atoms with van der Waals surface area (Å²) in [6.45, 7) is 11.6. The summed E-state index contributed by atoms with van der Waals surface area (Å²) >= 11 is 0. The standard InChI is InChI=1S/C18H39N5O2S.HI/c1-15(2)23(16(3)4)12-7-10-20-18(19-5)21-11-13-26(24,25)22-14-17-8-6-9-17;/h15-17,22H,6-14H2,1-5H3,(H2,19,20,21);1H. The number of rotatable bonds is 12. The molecule has 0 spiro atoms. The molecule has 162 valence electrons.